The maximum Gasteiger partial charge on any atom is 0.0753 e. The van der Waals surface area contributed by atoms with Crippen LogP contribution >= 0.6 is 0 Å². The molecule has 4 nitrogen and oxygen atoms in total. The lowest BCUT2D eigenvalue weighted by atomic mass is 9.46. The number of aliphatic hydroxyl groups excluding tert-OH is 4. The van der Waals surface area contributed by atoms with Gasteiger partial charge in [-0.05, 0) is 67.3 Å². The van der Waals surface area contributed by atoms with Gasteiger partial charge in [-0.3, -0.25) is 0 Å². The van der Waals surface area contributed by atoms with E-state index in [1.165, 1.54) is 0 Å². The molecule has 138 valence electrons. The summed E-state index contributed by atoms with van der Waals surface area (Å²) in [4.78, 5) is 0. The van der Waals surface area contributed by atoms with E-state index >= 15 is 0 Å². The summed E-state index contributed by atoms with van der Waals surface area (Å²) in [5.41, 5.74) is 1.44. The second-order valence-corrected chi connectivity index (χ2v) is 8.58. The molecule has 0 aromatic carbocycles. The average Bonchev–Trinajstić information content (AvgIpc) is 2.49. The van der Waals surface area contributed by atoms with E-state index < -0.39 is 12.2 Å². The Labute approximate surface area is 145 Å². The third-order valence-corrected chi connectivity index (χ3v) is 6.77. The number of allylic oxidation sites excluding steroid dienone is 1. The average molecular weight is 338 g/mol. The SMILES string of the molecule is C=C1[C@H](O)C[C@@H]2[C@](C)(CO)C[C@@H](O)C[C@@]2(C)[C@H]1CC/C(C)=C\CO. The van der Waals surface area contributed by atoms with Crippen molar-refractivity contribution >= 4 is 0 Å². The zero-order valence-electron chi connectivity index (χ0n) is 15.3. The Bertz CT molecular complexity index is 500. The van der Waals surface area contributed by atoms with E-state index in [1.807, 2.05) is 19.9 Å². The van der Waals surface area contributed by atoms with Crippen molar-refractivity contribution in [1.82, 2.24) is 0 Å². The third-order valence-electron chi connectivity index (χ3n) is 6.77. The molecule has 0 radical (unpaired) electrons. The molecule has 0 spiro atoms. The molecule has 0 aromatic heterocycles. The molecule has 2 saturated carbocycles. The van der Waals surface area contributed by atoms with Gasteiger partial charge in [-0.1, -0.05) is 32.1 Å². The van der Waals surface area contributed by atoms with Crippen LogP contribution in [0.5, 0.6) is 0 Å². The molecular weight excluding hydrogens is 304 g/mol. The van der Waals surface area contributed by atoms with Crippen LogP contribution in [0.3, 0.4) is 0 Å². The zero-order valence-corrected chi connectivity index (χ0v) is 15.3. The first-order valence-electron chi connectivity index (χ1n) is 9.10. The fraction of sp³-hybridized carbons (Fsp3) is 0.800. The van der Waals surface area contributed by atoms with Gasteiger partial charge in [0.25, 0.3) is 0 Å². The predicted octanol–water partition coefficient (Wildman–Crippen LogP) is 2.42. The van der Waals surface area contributed by atoms with E-state index in [0.29, 0.717) is 19.3 Å². The van der Waals surface area contributed by atoms with Gasteiger partial charge in [-0.25, -0.2) is 0 Å². The fourth-order valence-electron chi connectivity index (χ4n) is 5.49. The Hall–Kier alpha value is -0.680. The summed E-state index contributed by atoms with van der Waals surface area (Å²) in [6.07, 6.45) is 4.41. The van der Waals surface area contributed by atoms with Gasteiger partial charge in [-0.2, -0.15) is 0 Å². The van der Waals surface area contributed by atoms with Crippen molar-refractivity contribution in [3.05, 3.63) is 23.8 Å². The number of hydrogen-bond acceptors (Lipinski definition) is 4. The summed E-state index contributed by atoms with van der Waals surface area (Å²) in [7, 11) is 0. The molecular formula is C20H34O4. The highest BCUT2D eigenvalue weighted by molar-refractivity contribution is 5.21. The molecule has 0 aliphatic heterocycles. The van der Waals surface area contributed by atoms with Crippen molar-refractivity contribution in [3.8, 4) is 0 Å². The molecule has 0 saturated heterocycles. The van der Waals surface area contributed by atoms with Gasteiger partial charge in [0.1, 0.15) is 0 Å². The van der Waals surface area contributed by atoms with Crippen LogP contribution in [-0.4, -0.2) is 45.8 Å². The summed E-state index contributed by atoms with van der Waals surface area (Å²) >= 11 is 0. The second-order valence-electron chi connectivity index (χ2n) is 8.58. The topological polar surface area (TPSA) is 80.9 Å². The lowest BCUT2D eigenvalue weighted by molar-refractivity contribution is -0.145. The molecule has 6 atom stereocenters. The highest BCUT2D eigenvalue weighted by atomic mass is 16.3. The molecule has 2 fully saturated rings. The van der Waals surface area contributed by atoms with Gasteiger partial charge in [-0.15, -0.1) is 0 Å². The van der Waals surface area contributed by atoms with Crippen LogP contribution in [-0.2, 0) is 0 Å². The first-order chi connectivity index (χ1) is 11.2. The van der Waals surface area contributed by atoms with Crippen molar-refractivity contribution < 1.29 is 20.4 Å². The van der Waals surface area contributed by atoms with E-state index in [9.17, 15) is 15.3 Å². The summed E-state index contributed by atoms with van der Waals surface area (Å²) in [6.45, 7) is 10.5. The molecule has 2 aliphatic rings. The van der Waals surface area contributed by atoms with E-state index in [4.69, 9.17) is 5.11 Å². The van der Waals surface area contributed by atoms with Gasteiger partial charge in [0.2, 0.25) is 0 Å². The van der Waals surface area contributed by atoms with Crippen molar-refractivity contribution in [2.24, 2.45) is 22.7 Å². The van der Waals surface area contributed by atoms with E-state index in [1.54, 1.807) is 0 Å². The van der Waals surface area contributed by atoms with Crippen LogP contribution < -0.4 is 0 Å². The Morgan fingerprint density at radius 2 is 1.92 bits per heavy atom. The Morgan fingerprint density at radius 1 is 1.25 bits per heavy atom. The van der Waals surface area contributed by atoms with Crippen LogP contribution in [0, 0.1) is 22.7 Å². The number of hydrogen-bond donors (Lipinski definition) is 4. The minimum Gasteiger partial charge on any atom is -0.396 e. The Balaban J connectivity index is 2.33. The normalized spacial score (nSPS) is 43.6. The van der Waals surface area contributed by atoms with E-state index in [-0.39, 0.29) is 35.9 Å². The third kappa shape index (κ3) is 3.48. The highest BCUT2D eigenvalue weighted by Crippen LogP contribution is 2.61. The minimum absolute atomic E-state index is 0.0275. The molecule has 0 amide bonds. The Kier molecular flexibility index (Phi) is 5.96. The molecule has 2 aliphatic carbocycles. The second kappa shape index (κ2) is 7.28. The standard InChI is InChI=1S/C20H34O4/c1-13(7-8-21)5-6-16-14(2)17(24)9-18-19(3,12-22)10-15(23)11-20(16,18)4/h7,15-18,21-24H,2,5-6,8-12H2,1,3-4H3/b13-7-/t15-,16+,17-,18-,19+,20+/m1/s1. The van der Waals surface area contributed by atoms with Crippen LogP contribution in [0.25, 0.3) is 0 Å². The summed E-state index contributed by atoms with van der Waals surface area (Å²) < 4.78 is 0. The first kappa shape index (κ1) is 19.6. The van der Waals surface area contributed by atoms with Crippen molar-refractivity contribution in [2.75, 3.05) is 13.2 Å². The van der Waals surface area contributed by atoms with Gasteiger partial charge >= 0.3 is 0 Å². The number of fused-ring (bicyclic) bond motifs is 1. The lowest BCUT2D eigenvalue weighted by Gasteiger charge is -2.60. The van der Waals surface area contributed by atoms with Gasteiger partial charge < -0.3 is 20.4 Å². The molecule has 0 aromatic rings. The smallest absolute Gasteiger partial charge is 0.0753 e. The minimum atomic E-state index is -0.545. The predicted molar refractivity (Wildman–Crippen MR) is 95.4 cm³/mol. The summed E-state index contributed by atoms with van der Waals surface area (Å²) in [6, 6.07) is 0. The molecule has 0 bridgehead atoms. The maximum atomic E-state index is 10.6. The van der Waals surface area contributed by atoms with E-state index in [0.717, 1.165) is 24.0 Å². The monoisotopic (exact) mass is 338 g/mol. The quantitative estimate of drug-likeness (QED) is 0.580. The van der Waals surface area contributed by atoms with Gasteiger partial charge in [0.15, 0.2) is 0 Å². The van der Waals surface area contributed by atoms with Crippen LogP contribution in [0.2, 0.25) is 0 Å². The highest BCUT2D eigenvalue weighted by Gasteiger charge is 2.58. The van der Waals surface area contributed by atoms with Crippen molar-refractivity contribution in [3.63, 3.8) is 0 Å². The Morgan fingerprint density at radius 3 is 2.50 bits per heavy atom. The molecule has 0 heterocycles. The fourth-order valence-corrected chi connectivity index (χ4v) is 5.49. The lowest BCUT2D eigenvalue weighted by Crippen LogP contribution is -2.57. The van der Waals surface area contributed by atoms with Crippen LogP contribution in [0.15, 0.2) is 23.8 Å². The van der Waals surface area contributed by atoms with Crippen LogP contribution in [0.4, 0.5) is 0 Å². The summed E-state index contributed by atoms with van der Waals surface area (Å²) in [5, 5.41) is 40.1. The van der Waals surface area contributed by atoms with Crippen molar-refractivity contribution in [2.45, 2.75) is 65.1 Å². The van der Waals surface area contributed by atoms with Gasteiger partial charge in [0.05, 0.1) is 18.8 Å². The van der Waals surface area contributed by atoms with Gasteiger partial charge in [0, 0.05) is 6.61 Å². The van der Waals surface area contributed by atoms with Crippen LogP contribution in [0.1, 0.15) is 52.9 Å². The largest absolute Gasteiger partial charge is 0.396 e. The molecule has 24 heavy (non-hydrogen) atoms. The zero-order chi connectivity index (χ0) is 18.1. The first-order valence-corrected chi connectivity index (χ1v) is 9.10. The number of rotatable bonds is 5. The molecule has 4 heteroatoms. The van der Waals surface area contributed by atoms with E-state index in [2.05, 4.69) is 13.5 Å². The summed E-state index contributed by atoms with van der Waals surface area (Å²) in [5.74, 6) is 0.264. The molecule has 4 N–H and O–H groups in total. The number of aliphatic hydroxyl groups is 4. The molecule has 0 unspecified atom stereocenters. The van der Waals surface area contributed by atoms with Crippen molar-refractivity contribution in [1.29, 1.82) is 0 Å². The molecule has 2 rings (SSSR count). The maximum absolute atomic E-state index is 10.6.